The first-order valence-corrected chi connectivity index (χ1v) is 6.98. The number of nitrogens with zero attached hydrogens (tertiary/aromatic N) is 2. The highest BCUT2D eigenvalue weighted by molar-refractivity contribution is 5.41. The van der Waals surface area contributed by atoms with Gasteiger partial charge in [-0.15, -0.1) is 0 Å². The number of benzene rings is 2. The van der Waals surface area contributed by atoms with Crippen molar-refractivity contribution < 1.29 is 4.74 Å². The number of para-hydroxylation sites is 1. The van der Waals surface area contributed by atoms with Gasteiger partial charge >= 0.3 is 6.01 Å². The van der Waals surface area contributed by atoms with Crippen molar-refractivity contribution in [3.63, 3.8) is 0 Å². The van der Waals surface area contributed by atoms with Crippen LogP contribution in [0.3, 0.4) is 0 Å². The number of hydrogen-bond donors (Lipinski definition) is 2. The van der Waals surface area contributed by atoms with Gasteiger partial charge in [-0.05, 0) is 35.9 Å². The average Bonchev–Trinajstić information content (AvgIpc) is 2.57. The summed E-state index contributed by atoms with van der Waals surface area (Å²) in [6.45, 7) is 0.668. The first-order chi connectivity index (χ1) is 10.9. The van der Waals surface area contributed by atoms with Crippen LogP contribution >= 0.6 is 0 Å². The van der Waals surface area contributed by atoms with Crippen LogP contribution < -0.4 is 15.6 Å². The Balaban J connectivity index is 1.57. The fraction of sp³-hybridized carbons (Fsp3) is 0.0588. The second-order valence-electron chi connectivity index (χ2n) is 4.63. The standard InChI is InChI=1S/C17H16N4O/c1-2-7-15(8-3-1)21-20-13-14-6-4-9-16(12-14)22-17-18-10-5-11-19-17/h1-12,20-21H,13H2. The molecule has 0 aliphatic heterocycles. The molecular formula is C17H16N4O. The van der Waals surface area contributed by atoms with Gasteiger partial charge in [-0.3, -0.25) is 0 Å². The predicted octanol–water partition coefficient (Wildman–Crippen LogP) is 3.39. The maximum absolute atomic E-state index is 5.61. The van der Waals surface area contributed by atoms with E-state index >= 15 is 0 Å². The number of ether oxygens (including phenoxy) is 1. The maximum atomic E-state index is 5.61. The van der Waals surface area contributed by atoms with Crippen molar-refractivity contribution in [2.24, 2.45) is 0 Å². The Morgan fingerprint density at radius 3 is 2.50 bits per heavy atom. The van der Waals surface area contributed by atoms with Crippen LogP contribution in [0.4, 0.5) is 5.69 Å². The van der Waals surface area contributed by atoms with Crippen molar-refractivity contribution in [2.75, 3.05) is 5.43 Å². The van der Waals surface area contributed by atoms with Crippen molar-refractivity contribution >= 4 is 5.69 Å². The lowest BCUT2D eigenvalue weighted by Gasteiger charge is -2.09. The molecule has 0 atom stereocenters. The van der Waals surface area contributed by atoms with Crippen LogP contribution in [0.1, 0.15) is 5.56 Å². The summed E-state index contributed by atoms with van der Waals surface area (Å²) in [6, 6.07) is 19.8. The van der Waals surface area contributed by atoms with E-state index in [1.807, 2.05) is 54.6 Å². The summed E-state index contributed by atoms with van der Waals surface area (Å²) >= 11 is 0. The molecular weight excluding hydrogens is 276 g/mol. The van der Waals surface area contributed by atoms with Gasteiger partial charge < -0.3 is 10.2 Å². The van der Waals surface area contributed by atoms with Crippen LogP contribution in [0, 0.1) is 0 Å². The van der Waals surface area contributed by atoms with E-state index in [9.17, 15) is 0 Å². The van der Waals surface area contributed by atoms with Crippen LogP contribution in [-0.2, 0) is 6.54 Å². The summed E-state index contributed by atoms with van der Waals surface area (Å²) in [4.78, 5) is 8.09. The lowest BCUT2D eigenvalue weighted by molar-refractivity contribution is 0.441. The van der Waals surface area contributed by atoms with Crippen molar-refractivity contribution in [3.8, 4) is 11.8 Å². The number of rotatable bonds is 6. The number of nitrogens with one attached hydrogen (secondary N) is 2. The van der Waals surface area contributed by atoms with Gasteiger partial charge in [-0.1, -0.05) is 30.3 Å². The van der Waals surface area contributed by atoms with Gasteiger partial charge in [0.15, 0.2) is 0 Å². The van der Waals surface area contributed by atoms with E-state index < -0.39 is 0 Å². The molecule has 3 aromatic rings. The van der Waals surface area contributed by atoms with Crippen LogP contribution in [0.5, 0.6) is 11.8 Å². The largest absolute Gasteiger partial charge is 0.424 e. The van der Waals surface area contributed by atoms with E-state index in [0.29, 0.717) is 18.3 Å². The molecule has 2 aromatic carbocycles. The predicted molar refractivity (Wildman–Crippen MR) is 85.5 cm³/mol. The minimum absolute atomic E-state index is 0.343. The quantitative estimate of drug-likeness (QED) is 0.682. The van der Waals surface area contributed by atoms with E-state index in [0.717, 1.165) is 11.3 Å². The zero-order valence-corrected chi connectivity index (χ0v) is 11.9. The first kappa shape index (κ1) is 14.0. The van der Waals surface area contributed by atoms with Crippen molar-refractivity contribution in [2.45, 2.75) is 6.54 Å². The van der Waals surface area contributed by atoms with Crippen LogP contribution in [0.15, 0.2) is 73.1 Å². The molecule has 3 rings (SSSR count). The van der Waals surface area contributed by atoms with Crippen LogP contribution in [0.25, 0.3) is 0 Å². The Kier molecular flexibility index (Phi) is 4.59. The van der Waals surface area contributed by atoms with Crippen molar-refractivity contribution in [1.29, 1.82) is 0 Å². The Morgan fingerprint density at radius 2 is 1.68 bits per heavy atom. The third-order valence-corrected chi connectivity index (χ3v) is 2.95. The molecule has 0 aliphatic rings. The molecule has 0 amide bonds. The SMILES string of the molecule is c1ccc(NNCc2cccc(Oc3ncccn3)c2)cc1. The molecule has 0 saturated carbocycles. The minimum atomic E-state index is 0.343. The molecule has 0 aliphatic carbocycles. The first-order valence-electron chi connectivity index (χ1n) is 6.98. The third-order valence-electron chi connectivity index (χ3n) is 2.95. The van der Waals surface area contributed by atoms with E-state index in [4.69, 9.17) is 4.74 Å². The number of anilines is 1. The number of aromatic nitrogens is 2. The highest BCUT2D eigenvalue weighted by Crippen LogP contribution is 2.18. The Hall–Kier alpha value is -2.92. The lowest BCUT2D eigenvalue weighted by atomic mass is 10.2. The van der Waals surface area contributed by atoms with E-state index in [2.05, 4.69) is 20.8 Å². The monoisotopic (exact) mass is 292 g/mol. The smallest absolute Gasteiger partial charge is 0.321 e. The normalized spacial score (nSPS) is 10.2. The number of hydrazine groups is 1. The fourth-order valence-electron chi connectivity index (χ4n) is 1.93. The molecule has 5 nitrogen and oxygen atoms in total. The Labute approximate surface area is 129 Å². The highest BCUT2D eigenvalue weighted by Gasteiger charge is 2.00. The van der Waals surface area contributed by atoms with Gasteiger partial charge in [0.2, 0.25) is 0 Å². The van der Waals surface area contributed by atoms with Crippen molar-refractivity contribution in [3.05, 3.63) is 78.6 Å². The topological polar surface area (TPSA) is 59.1 Å². The third kappa shape index (κ3) is 4.04. The summed E-state index contributed by atoms with van der Waals surface area (Å²) in [6.07, 6.45) is 3.30. The van der Waals surface area contributed by atoms with Gasteiger partial charge in [-0.25, -0.2) is 15.4 Å². The van der Waals surface area contributed by atoms with Gasteiger partial charge in [0.1, 0.15) is 5.75 Å². The van der Waals surface area contributed by atoms with Gasteiger partial charge in [0, 0.05) is 24.6 Å². The second kappa shape index (κ2) is 7.19. The lowest BCUT2D eigenvalue weighted by Crippen LogP contribution is -2.20. The summed E-state index contributed by atoms with van der Waals surface area (Å²) in [5.74, 6) is 0.713. The molecule has 0 saturated heterocycles. The van der Waals surface area contributed by atoms with E-state index in [1.165, 1.54) is 0 Å². The Bertz CT molecular complexity index is 704. The van der Waals surface area contributed by atoms with Crippen LogP contribution in [0.2, 0.25) is 0 Å². The molecule has 0 fully saturated rings. The molecule has 0 bridgehead atoms. The summed E-state index contributed by atoms with van der Waals surface area (Å²) in [5.41, 5.74) is 8.43. The highest BCUT2D eigenvalue weighted by atomic mass is 16.5. The molecule has 2 N–H and O–H groups in total. The van der Waals surface area contributed by atoms with E-state index in [1.54, 1.807) is 18.5 Å². The van der Waals surface area contributed by atoms with Gasteiger partial charge in [-0.2, -0.15) is 0 Å². The molecule has 1 heterocycles. The molecule has 0 radical (unpaired) electrons. The molecule has 5 heteroatoms. The number of hydrogen-bond acceptors (Lipinski definition) is 5. The second-order valence-corrected chi connectivity index (χ2v) is 4.63. The Morgan fingerprint density at radius 1 is 0.864 bits per heavy atom. The maximum Gasteiger partial charge on any atom is 0.321 e. The molecule has 0 spiro atoms. The zero-order chi connectivity index (χ0) is 15.0. The van der Waals surface area contributed by atoms with Crippen molar-refractivity contribution in [1.82, 2.24) is 15.4 Å². The van der Waals surface area contributed by atoms with E-state index in [-0.39, 0.29) is 0 Å². The summed E-state index contributed by atoms with van der Waals surface area (Å²) in [5, 5.41) is 0. The zero-order valence-electron chi connectivity index (χ0n) is 11.9. The minimum Gasteiger partial charge on any atom is -0.424 e. The summed E-state index contributed by atoms with van der Waals surface area (Å²) in [7, 11) is 0. The van der Waals surface area contributed by atoms with Gasteiger partial charge in [0.25, 0.3) is 0 Å². The molecule has 1 aromatic heterocycles. The molecule has 110 valence electrons. The molecule has 0 unspecified atom stereocenters. The summed E-state index contributed by atoms with van der Waals surface area (Å²) < 4.78 is 5.61. The fourth-order valence-corrected chi connectivity index (χ4v) is 1.93. The average molecular weight is 292 g/mol. The van der Waals surface area contributed by atoms with Crippen LogP contribution in [-0.4, -0.2) is 9.97 Å². The van der Waals surface area contributed by atoms with Gasteiger partial charge in [0.05, 0.1) is 0 Å². The molecule has 22 heavy (non-hydrogen) atoms.